The van der Waals surface area contributed by atoms with Gasteiger partial charge in [0.05, 0.1) is 18.7 Å². The molecule has 0 unspecified atom stereocenters. The molecule has 0 bridgehead atoms. The van der Waals surface area contributed by atoms with Crippen LogP contribution in [0.15, 0.2) is 72.8 Å². The van der Waals surface area contributed by atoms with Crippen LogP contribution in [0.5, 0.6) is 17.2 Å². The first-order valence-corrected chi connectivity index (χ1v) is 11.2. The molecular weight excluding hydrogens is 448 g/mol. The topological polar surface area (TPSA) is 94.2 Å². The van der Waals surface area contributed by atoms with Crippen LogP contribution >= 0.6 is 0 Å². The minimum atomic E-state index is -0.648. The Balaban J connectivity index is 1.29. The van der Waals surface area contributed by atoms with Gasteiger partial charge in [-0.15, -0.1) is 0 Å². The molecule has 3 aromatic carbocycles. The first kappa shape index (κ1) is 23.8. The monoisotopic (exact) mass is 474 g/mol. The van der Waals surface area contributed by atoms with Gasteiger partial charge in [-0.1, -0.05) is 29.8 Å². The van der Waals surface area contributed by atoms with Gasteiger partial charge in [-0.25, -0.2) is 0 Å². The van der Waals surface area contributed by atoms with Gasteiger partial charge < -0.3 is 24.4 Å². The van der Waals surface area contributed by atoms with E-state index in [4.69, 9.17) is 14.2 Å². The number of benzene rings is 3. The Morgan fingerprint density at radius 1 is 0.971 bits per heavy atom. The van der Waals surface area contributed by atoms with Crippen LogP contribution in [0.1, 0.15) is 12.0 Å². The number of aryl methyl sites for hydroxylation is 1. The van der Waals surface area contributed by atoms with Gasteiger partial charge in [0.25, 0.3) is 5.91 Å². The van der Waals surface area contributed by atoms with E-state index in [1.54, 1.807) is 48.5 Å². The molecule has 180 valence electrons. The zero-order valence-corrected chi connectivity index (χ0v) is 19.5. The number of nitrogens with one attached hydrogen (secondary N) is 1. The molecule has 4 rings (SSSR count). The third-order valence-electron chi connectivity index (χ3n) is 5.59. The van der Waals surface area contributed by atoms with E-state index in [-0.39, 0.29) is 18.9 Å². The highest BCUT2D eigenvalue weighted by Gasteiger charge is 2.36. The molecule has 0 aromatic heterocycles. The first-order valence-electron chi connectivity index (χ1n) is 11.2. The number of methoxy groups -OCH3 is 1. The zero-order chi connectivity index (χ0) is 24.8. The van der Waals surface area contributed by atoms with E-state index in [1.807, 2.05) is 31.2 Å². The number of ether oxygens (including phenoxy) is 3. The summed E-state index contributed by atoms with van der Waals surface area (Å²) in [6.45, 7) is 1.74. The molecule has 0 saturated carbocycles. The van der Waals surface area contributed by atoms with Crippen molar-refractivity contribution in [1.29, 1.82) is 0 Å². The normalized spacial score (nSPS) is 15.0. The van der Waals surface area contributed by atoms with E-state index in [2.05, 4.69) is 5.32 Å². The highest BCUT2D eigenvalue weighted by Crippen LogP contribution is 2.29. The van der Waals surface area contributed by atoms with Crippen molar-refractivity contribution in [1.82, 2.24) is 0 Å². The fourth-order valence-electron chi connectivity index (χ4n) is 3.74. The number of amides is 2. The van der Waals surface area contributed by atoms with Gasteiger partial charge in [0.15, 0.2) is 6.61 Å². The number of para-hydroxylation sites is 2. The van der Waals surface area contributed by atoms with E-state index in [0.29, 0.717) is 22.9 Å². The zero-order valence-electron chi connectivity index (χ0n) is 19.5. The van der Waals surface area contributed by atoms with Gasteiger partial charge in [0.1, 0.15) is 17.2 Å². The molecule has 0 aliphatic carbocycles. The Bertz CT molecular complexity index is 1210. The van der Waals surface area contributed by atoms with E-state index in [1.165, 1.54) is 12.0 Å². The second-order valence-corrected chi connectivity index (χ2v) is 8.17. The van der Waals surface area contributed by atoms with Gasteiger partial charge in [0.2, 0.25) is 5.91 Å². The van der Waals surface area contributed by atoms with Crippen LogP contribution in [0, 0.1) is 12.8 Å². The Kier molecular flexibility index (Phi) is 7.30. The number of esters is 1. The summed E-state index contributed by atoms with van der Waals surface area (Å²) in [5.41, 5.74) is 2.29. The standard InChI is InChI=1S/C27H26N2O6/c1-18-7-11-21(12-8-18)35-22-13-9-20(10-14-22)29-16-19(15-26(29)31)27(32)34-17-25(30)28-23-5-3-4-6-24(23)33-2/h3-14,19H,15-17H2,1-2H3,(H,28,30)/t19-/m1/s1. The van der Waals surface area contributed by atoms with Crippen molar-refractivity contribution in [3.05, 3.63) is 78.4 Å². The van der Waals surface area contributed by atoms with Crippen LogP contribution in [-0.2, 0) is 19.1 Å². The van der Waals surface area contributed by atoms with Gasteiger partial charge in [-0.3, -0.25) is 14.4 Å². The van der Waals surface area contributed by atoms with Crippen LogP contribution in [0.25, 0.3) is 0 Å². The molecule has 1 saturated heterocycles. The van der Waals surface area contributed by atoms with E-state index in [9.17, 15) is 14.4 Å². The molecule has 8 nitrogen and oxygen atoms in total. The molecular formula is C27H26N2O6. The minimum absolute atomic E-state index is 0.0224. The van der Waals surface area contributed by atoms with Crippen LogP contribution in [0.4, 0.5) is 11.4 Å². The molecule has 1 aliphatic heterocycles. The van der Waals surface area contributed by atoms with Crippen molar-refractivity contribution < 1.29 is 28.6 Å². The number of carbonyl (C=O) groups excluding carboxylic acids is 3. The van der Waals surface area contributed by atoms with Crippen molar-refractivity contribution in [2.24, 2.45) is 5.92 Å². The van der Waals surface area contributed by atoms with Gasteiger partial charge >= 0.3 is 5.97 Å². The average Bonchev–Trinajstić information content (AvgIpc) is 3.26. The lowest BCUT2D eigenvalue weighted by molar-refractivity contribution is -0.151. The summed E-state index contributed by atoms with van der Waals surface area (Å²) in [6.07, 6.45) is 0.0224. The molecule has 35 heavy (non-hydrogen) atoms. The molecule has 3 aromatic rings. The van der Waals surface area contributed by atoms with Crippen molar-refractivity contribution in [3.8, 4) is 17.2 Å². The van der Waals surface area contributed by atoms with E-state index < -0.39 is 24.4 Å². The molecule has 0 radical (unpaired) electrons. The summed E-state index contributed by atoms with van der Waals surface area (Å²) < 4.78 is 16.2. The average molecular weight is 475 g/mol. The van der Waals surface area contributed by atoms with Crippen molar-refractivity contribution in [2.45, 2.75) is 13.3 Å². The van der Waals surface area contributed by atoms with Crippen molar-refractivity contribution in [3.63, 3.8) is 0 Å². The quantitative estimate of drug-likeness (QED) is 0.489. The lowest BCUT2D eigenvalue weighted by atomic mass is 10.1. The maximum atomic E-state index is 12.5. The smallest absolute Gasteiger partial charge is 0.311 e. The Labute approximate surface area is 203 Å². The summed E-state index contributed by atoms with van der Waals surface area (Å²) in [4.78, 5) is 38.8. The highest BCUT2D eigenvalue weighted by molar-refractivity contribution is 6.00. The summed E-state index contributed by atoms with van der Waals surface area (Å²) in [7, 11) is 1.50. The van der Waals surface area contributed by atoms with E-state index >= 15 is 0 Å². The number of hydrogen-bond acceptors (Lipinski definition) is 6. The predicted octanol–water partition coefficient (Wildman–Crippen LogP) is 4.33. The number of carbonyl (C=O) groups is 3. The number of hydrogen-bond donors (Lipinski definition) is 1. The molecule has 2 amide bonds. The predicted molar refractivity (Wildman–Crippen MR) is 131 cm³/mol. The second-order valence-electron chi connectivity index (χ2n) is 8.17. The molecule has 0 spiro atoms. The molecule has 1 fully saturated rings. The fourth-order valence-corrected chi connectivity index (χ4v) is 3.74. The Morgan fingerprint density at radius 3 is 2.31 bits per heavy atom. The van der Waals surface area contributed by atoms with Crippen LogP contribution in [0.3, 0.4) is 0 Å². The maximum absolute atomic E-state index is 12.5. The lowest BCUT2D eigenvalue weighted by Crippen LogP contribution is -2.28. The summed E-state index contributed by atoms with van der Waals surface area (Å²) in [6, 6.07) is 21.7. The Morgan fingerprint density at radius 2 is 1.63 bits per heavy atom. The number of rotatable bonds is 8. The highest BCUT2D eigenvalue weighted by atomic mass is 16.5. The SMILES string of the molecule is COc1ccccc1NC(=O)COC(=O)[C@@H]1CC(=O)N(c2ccc(Oc3ccc(C)cc3)cc2)C1. The third kappa shape index (κ3) is 5.97. The van der Waals surface area contributed by atoms with Crippen molar-refractivity contribution in [2.75, 3.05) is 30.5 Å². The van der Waals surface area contributed by atoms with Gasteiger partial charge in [-0.05, 0) is 55.5 Å². The first-order chi connectivity index (χ1) is 16.9. The fraction of sp³-hybridized carbons (Fsp3) is 0.222. The van der Waals surface area contributed by atoms with Crippen LogP contribution in [0.2, 0.25) is 0 Å². The Hall–Kier alpha value is -4.33. The van der Waals surface area contributed by atoms with Crippen molar-refractivity contribution >= 4 is 29.2 Å². The lowest BCUT2D eigenvalue weighted by Gasteiger charge is -2.17. The third-order valence-corrected chi connectivity index (χ3v) is 5.59. The summed E-state index contributed by atoms with van der Waals surface area (Å²) in [5, 5.41) is 2.65. The van der Waals surface area contributed by atoms with E-state index in [0.717, 1.165) is 11.3 Å². The molecule has 1 atom stereocenters. The summed E-state index contributed by atoms with van der Waals surface area (Å²) in [5.74, 6) is -0.0508. The number of anilines is 2. The second kappa shape index (κ2) is 10.7. The van der Waals surface area contributed by atoms with Crippen LogP contribution < -0.4 is 19.7 Å². The van der Waals surface area contributed by atoms with Gasteiger partial charge in [0, 0.05) is 18.7 Å². The van der Waals surface area contributed by atoms with Gasteiger partial charge in [-0.2, -0.15) is 0 Å². The molecule has 1 N–H and O–H groups in total. The molecule has 8 heteroatoms. The summed E-state index contributed by atoms with van der Waals surface area (Å²) >= 11 is 0. The molecule has 1 heterocycles. The van der Waals surface area contributed by atoms with Crippen LogP contribution in [-0.4, -0.2) is 38.0 Å². The minimum Gasteiger partial charge on any atom is -0.495 e. The molecule has 1 aliphatic rings. The largest absolute Gasteiger partial charge is 0.495 e. The number of nitrogens with zero attached hydrogens (tertiary/aromatic N) is 1. The maximum Gasteiger partial charge on any atom is 0.311 e.